The van der Waals surface area contributed by atoms with Crippen LogP contribution in [0.2, 0.25) is 10.0 Å². The molecular formula is C21H24Cl2FN3O4S. The van der Waals surface area contributed by atoms with E-state index in [-0.39, 0.29) is 13.1 Å². The number of benzene rings is 2. The van der Waals surface area contributed by atoms with E-state index < -0.39 is 40.2 Å². The zero-order valence-electron chi connectivity index (χ0n) is 17.8. The van der Waals surface area contributed by atoms with Crippen molar-refractivity contribution in [1.29, 1.82) is 0 Å². The summed E-state index contributed by atoms with van der Waals surface area (Å²) in [7, 11) is -2.33. The van der Waals surface area contributed by atoms with Gasteiger partial charge in [0.1, 0.15) is 11.9 Å². The van der Waals surface area contributed by atoms with Crippen LogP contribution in [0.4, 0.5) is 4.39 Å². The van der Waals surface area contributed by atoms with E-state index in [0.29, 0.717) is 21.2 Å². The van der Waals surface area contributed by atoms with Crippen molar-refractivity contribution in [1.82, 2.24) is 14.5 Å². The summed E-state index contributed by atoms with van der Waals surface area (Å²) in [6.07, 6.45) is 0.983. The number of halogens is 3. The second-order valence-electron chi connectivity index (χ2n) is 7.30. The first-order valence-electron chi connectivity index (χ1n) is 9.55. The molecule has 0 bridgehead atoms. The topological polar surface area (TPSA) is 86.8 Å². The standard InChI is InChI=1S/C21H24Cl2FN3O4S/c1-14(21(29)25-11-16-6-7-17(22)10-19(16)23)27(12-15-4-8-18(24)9-5-15)20(28)13-26(2)32(3,30)31/h4-10,14H,11-13H2,1-3H3,(H,25,29)/t14-/m1/s1. The summed E-state index contributed by atoms with van der Waals surface area (Å²) < 4.78 is 37.6. The molecule has 2 rings (SSSR count). The van der Waals surface area contributed by atoms with Crippen LogP contribution in [0.5, 0.6) is 0 Å². The molecule has 174 valence electrons. The van der Waals surface area contributed by atoms with Crippen LogP contribution in [0.15, 0.2) is 42.5 Å². The van der Waals surface area contributed by atoms with Gasteiger partial charge in [0.25, 0.3) is 0 Å². The fourth-order valence-corrected chi connectivity index (χ4v) is 3.58. The SMILES string of the molecule is C[C@H](C(=O)NCc1ccc(Cl)cc1Cl)N(Cc1ccc(F)cc1)C(=O)CN(C)S(C)(=O)=O. The van der Waals surface area contributed by atoms with Gasteiger partial charge in [-0.3, -0.25) is 9.59 Å². The molecule has 0 heterocycles. The summed E-state index contributed by atoms with van der Waals surface area (Å²) in [5, 5.41) is 3.57. The van der Waals surface area contributed by atoms with Gasteiger partial charge in [0.15, 0.2) is 0 Å². The van der Waals surface area contributed by atoms with E-state index >= 15 is 0 Å². The second kappa shape index (κ2) is 11.1. The normalized spacial score (nSPS) is 12.5. The molecule has 11 heteroatoms. The first-order chi connectivity index (χ1) is 14.9. The number of carbonyl (C=O) groups is 2. The molecule has 0 unspecified atom stereocenters. The van der Waals surface area contributed by atoms with Crippen molar-refractivity contribution >= 4 is 45.0 Å². The highest BCUT2D eigenvalue weighted by Crippen LogP contribution is 2.21. The Morgan fingerprint density at radius 1 is 1.12 bits per heavy atom. The summed E-state index contributed by atoms with van der Waals surface area (Å²) in [6.45, 7) is 1.19. The molecule has 2 aromatic rings. The molecule has 0 aliphatic carbocycles. The van der Waals surface area contributed by atoms with Gasteiger partial charge < -0.3 is 10.2 Å². The van der Waals surface area contributed by atoms with Crippen molar-refractivity contribution in [3.63, 3.8) is 0 Å². The molecule has 7 nitrogen and oxygen atoms in total. The van der Waals surface area contributed by atoms with E-state index in [9.17, 15) is 22.4 Å². The fourth-order valence-electron chi connectivity index (χ4n) is 2.76. The van der Waals surface area contributed by atoms with Crippen LogP contribution in [0.3, 0.4) is 0 Å². The molecule has 1 N–H and O–H groups in total. The van der Waals surface area contributed by atoms with Crippen molar-refractivity contribution < 1.29 is 22.4 Å². The summed E-state index contributed by atoms with van der Waals surface area (Å²) in [6, 6.07) is 9.41. The number of nitrogens with zero attached hydrogens (tertiary/aromatic N) is 2. The van der Waals surface area contributed by atoms with Crippen molar-refractivity contribution in [2.45, 2.75) is 26.1 Å². The largest absolute Gasteiger partial charge is 0.350 e. The number of sulfonamides is 1. The Morgan fingerprint density at radius 2 is 1.75 bits per heavy atom. The summed E-state index contributed by atoms with van der Waals surface area (Å²) in [5.74, 6) is -1.48. The van der Waals surface area contributed by atoms with Crippen LogP contribution >= 0.6 is 23.2 Å². The highest BCUT2D eigenvalue weighted by molar-refractivity contribution is 7.88. The van der Waals surface area contributed by atoms with E-state index in [2.05, 4.69) is 5.32 Å². The fraction of sp³-hybridized carbons (Fsp3) is 0.333. The maximum absolute atomic E-state index is 13.3. The van der Waals surface area contributed by atoms with Crippen molar-refractivity contribution in [2.24, 2.45) is 0 Å². The number of likely N-dealkylation sites (N-methyl/N-ethyl adjacent to an activating group) is 1. The molecule has 2 aromatic carbocycles. The maximum atomic E-state index is 13.3. The third-order valence-corrected chi connectivity index (χ3v) is 6.67. The van der Waals surface area contributed by atoms with Gasteiger partial charge in [-0.05, 0) is 42.3 Å². The third kappa shape index (κ3) is 7.44. The van der Waals surface area contributed by atoms with Gasteiger partial charge in [0.05, 0.1) is 12.8 Å². The van der Waals surface area contributed by atoms with Crippen LogP contribution < -0.4 is 5.32 Å². The monoisotopic (exact) mass is 503 g/mol. The lowest BCUT2D eigenvalue weighted by Crippen LogP contribution is -2.50. The quantitative estimate of drug-likeness (QED) is 0.569. The number of amides is 2. The van der Waals surface area contributed by atoms with Crippen LogP contribution in [-0.2, 0) is 32.7 Å². The van der Waals surface area contributed by atoms with E-state index in [1.54, 1.807) is 18.2 Å². The van der Waals surface area contributed by atoms with Crippen LogP contribution in [0.25, 0.3) is 0 Å². The van der Waals surface area contributed by atoms with Crippen molar-refractivity contribution in [2.75, 3.05) is 19.8 Å². The lowest BCUT2D eigenvalue weighted by Gasteiger charge is -2.30. The molecule has 0 spiro atoms. The molecule has 0 saturated carbocycles. The smallest absolute Gasteiger partial charge is 0.242 e. The Kier molecular flexibility index (Phi) is 9.03. The zero-order valence-corrected chi connectivity index (χ0v) is 20.1. The Bertz CT molecular complexity index is 1080. The van der Waals surface area contributed by atoms with Gasteiger partial charge in [-0.15, -0.1) is 0 Å². The Balaban J connectivity index is 2.18. The molecule has 2 amide bonds. The van der Waals surface area contributed by atoms with Crippen LogP contribution in [0.1, 0.15) is 18.1 Å². The van der Waals surface area contributed by atoms with Gasteiger partial charge in [0, 0.05) is 30.2 Å². The number of rotatable bonds is 9. The number of hydrogen-bond donors (Lipinski definition) is 1. The lowest BCUT2D eigenvalue weighted by atomic mass is 10.1. The summed E-state index contributed by atoms with van der Waals surface area (Å²) in [4.78, 5) is 27.0. The first-order valence-corrected chi connectivity index (χ1v) is 12.2. The van der Waals surface area contributed by atoms with Crippen molar-refractivity contribution in [3.05, 3.63) is 69.5 Å². The number of carbonyl (C=O) groups excluding carboxylic acids is 2. The van der Waals surface area contributed by atoms with E-state index in [1.165, 1.54) is 43.1 Å². The molecule has 0 aliphatic heterocycles. The molecule has 0 fully saturated rings. The van der Waals surface area contributed by atoms with Gasteiger partial charge >= 0.3 is 0 Å². The Labute approximate surface area is 197 Å². The average Bonchev–Trinajstić information content (AvgIpc) is 2.71. The maximum Gasteiger partial charge on any atom is 0.242 e. The Morgan fingerprint density at radius 3 is 2.31 bits per heavy atom. The number of hydrogen-bond acceptors (Lipinski definition) is 4. The molecular weight excluding hydrogens is 480 g/mol. The second-order valence-corrected chi connectivity index (χ2v) is 10.2. The molecule has 0 radical (unpaired) electrons. The Hall–Kier alpha value is -2.20. The zero-order chi connectivity index (χ0) is 24.1. The minimum Gasteiger partial charge on any atom is -0.350 e. The van der Waals surface area contributed by atoms with E-state index in [0.717, 1.165) is 10.6 Å². The first kappa shape index (κ1) is 26.1. The molecule has 0 saturated heterocycles. The van der Waals surface area contributed by atoms with Gasteiger partial charge in [-0.1, -0.05) is 41.4 Å². The molecule has 0 aliphatic rings. The van der Waals surface area contributed by atoms with Gasteiger partial charge in [-0.25, -0.2) is 12.8 Å². The van der Waals surface area contributed by atoms with Crippen LogP contribution in [-0.4, -0.2) is 55.3 Å². The minimum absolute atomic E-state index is 0.00694. The predicted molar refractivity (Wildman–Crippen MR) is 122 cm³/mol. The van der Waals surface area contributed by atoms with Crippen molar-refractivity contribution in [3.8, 4) is 0 Å². The summed E-state index contributed by atoms with van der Waals surface area (Å²) >= 11 is 12.0. The molecule has 1 atom stereocenters. The highest BCUT2D eigenvalue weighted by Gasteiger charge is 2.28. The lowest BCUT2D eigenvalue weighted by molar-refractivity contribution is -0.140. The van der Waals surface area contributed by atoms with Gasteiger partial charge in [-0.2, -0.15) is 4.31 Å². The number of nitrogens with one attached hydrogen (secondary N) is 1. The van der Waals surface area contributed by atoms with Crippen LogP contribution in [0, 0.1) is 5.82 Å². The average molecular weight is 504 g/mol. The van der Waals surface area contributed by atoms with E-state index in [1.807, 2.05) is 0 Å². The molecule has 0 aromatic heterocycles. The van der Waals surface area contributed by atoms with E-state index in [4.69, 9.17) is 23.2 Å². The highest BCUT2D eigenvalue weighted by atomic mass is 35.5. The summed E-state index contributed by atoms with van der Waals surface area (Å²) in [5.41, 5.74) is 1.23. The minimum atomic E-state index is -3.60. The third-order valence-electron chi connectivity index (χ3n) is 4.83. The molecule has 32 heavy (non-hydrogen) atoms. The van der Waals surface area contributed by atoms with Gasteiger partial charge in [0.2, 0.25) is 21.8 Å². The predicted octanol–water partition coefficient (Wildman–Crippen LogP) is 3.06.